The van der Waals surface area contributed by atoms with E-state index in [9.17, 15) is 0 Å². The SMILES string of the molecule is CCO[C@@H]1CCN(c2ccnc3[nH]cc(-c4ccnc(N)n4)c23)C1. The van der Waals surface area contributed by atoms with Gasteiger partial charge >= 0.3 is 0 Å². The van der Waals surface area contributed by atoms with Gasteiger partial charge < -0.3 is 20.4 Å². The first-order valence-electron chi connectivity index (χ1n) is 8.17. The Labute approximate surface area is 139 Å². The number of fused-ring (bicyclic) bond motifs is 1. The molecule has 0 spiro atoms. The molecule has 0 radical (unpaired) electrons. The summed E-state index contributed by atoms with van der Waals surface area (Å²) < 4.78 is 5.78. The third kappa shape index (κ3) is 2.56. The number of anilines is 2. The quantitative estimate of drug-likeness (QED) is 0.764. The average Bonchev–Trinajstić information content (AvgIpc) is 3.22. The van der Waals surface area contributed by atoms with Crippen molar-refractivity contribution in [3.63, 3.8) is 0 Å². The second-order valence-corrected chi connectivity index (χ2v) is 5.87. The van der Waals surface area contributed by atoms with Crippen molar-refractivity contribution in [3.8, 4) is 11.3 Å². The smallest absolute Gasteiger partial charge is 0.220 e. The second-order valence-electron chi connectivity index (χ2n) is 5.87. The molecule has 0 bridgehead atoms. The summed E-state index contributed by atoms with van der Waals surface area (Å²) in [6, 6.07) is 3.92. The molecule has 3 N–H and O–H groups in total. The van der Waals surface area contributed by atoms with Gasteiger partial charge in [0.15, 0.2) is 0 Å². The van der Waals surface area contributed by atoms with E-state index in [1.54, 1.807) is 6.20 Å². The van der Waals surface area contributed by atoms with Gasteiger partial charge in [-0.05, 0) is 25.5 Å². The topological polar surface area (TPSA) is 93.0 Å². The molecule has 0 saturated carbocycles. The minimum absolute atomic E-state index is 0.268. The summed E-state index contributed by atoms with van der Waals surface area (Å²) in [6.07, 6.45) is 6.76. The van der Waals surface area contributed by atoms with E-state index in [-0.39, 0.29) is 12.1 Å². The molecule has 4 rings (SSSR count). The molecule has 24 heavy (non-hydrogen) atoms. The lowest BCUT2D eigenvalue weighted by Gasteiger charge is -2.20. The van der Waals surface area contributed by atoms with Gasteiger partial charge in [-0.1, -0.05) is 0 Å². The Balaban J connectivity index is 1.78. The lowest BCUT2D eigenvalue weighted by atomic mass is 10.1. The molecule has 7 nitrogen and oxygen atoms in total. The van der Waals surface area contributed by atoms with Crippen molar-refractivity contribution in [3.05, 3.63) is 30.7 Å². The molecule has 4 heterocycles. The number of ether oxygens (including phenoxy) is 1. The summed E-state index contributed by atoms with van der Waals surface area (Å²) in [5.41, 5.74) is 9.52. The van der Waals surface area contributed by atoms with E-state index in [2.05, 4.69) is 30.9 Å². The van der Waals surface area contributed by atoms with Gasteiger partial charge in [0.1, 0.15) is 5.65 Å². The molecule has 0 aliphatic carbocycles. The summed E-state index contributed by atoms with van der Waals surface area (Å²) in [4.78, 5) is 18.4. The minimum Gasteiger partial charge on any atom is -0.377 e. The average molecular weight is 324 g/mol. The van der Waals surface area contributed by atoms with Crippen LogP contribution in [0.15, 0.2) is 30.7 Å². The van der Waals surface area contributed by atoms with Gasteiger partial charge in [-0.3, -0.25) is 0 Å². The van der Waals surface area contributed by atoms with Crippen LogP contribution in [-0.2, 0) is 4.74 Å². The third-order valence-corrected chi connectivity index (χ3v) is 4.39. The van der Waals surface area contributed by atoms with Crippen molar-refractivity contribution < 1.29 is 4.74 Å². The Kier molecular flexibility index (Phi) is 3.78. The zero-order chi connectivity index (χ0) is 16.5. The highest BCUT2D eigenvalue weighted by molar-refractivity contribution is 6.02. The van der Waals surface area contributed by atoms with Gasteiger partial charge in [0, 0.05) is 43.9 Å². The molecule has 3 aromatic heterocycles. The summed E-state index contributed by atoms with van der Waals surface area (Å²) in [6.45, 7) is 4.65. The number of H-pyrrole nitrogens is 1. The first-order valence-corrected chi connectivity index (χ1v) is 8.17. The standard InChI is InChI=1S/C17H20N6O/c1-2-24-11-5-8-23(10-11)14-4-7-19-16-15(14)12(9-21-16)13-3-6-20-17(18)22-13/h3-4,6-7,9,11H,2,5,8,10H2,1H3,(H,19,21)(H2,18,20,22)/t11-/m1/s1. The van der Waals surface area contributed by atoms with Crippen molar-refractivity contribution >= 4 is 22.7 Å². The van der Waals surface area contributed by atoms with Crippen LogP contribution in [0, 0.1) is 0 Å². The maximum absolute atomic E-state index is 5.78. The zero-order valence-electron chi connectivity index (χ0n) is 13.6. The Morgan fingerprint density at radius 3 is 3.04 bits per heavy atom. The molecule has 7 heteroatoms. The number of hydrogen-bond acceptors (Lipinski definition) is 6. The maximum Gasteiger partial charge on any atom is 0.220 e. The van der Waals surface area contributed by atoms with E-state index >= 15 is 0 Å². The van der Waals surface area contributed by atoms with E-state index in [1.807, 2.05) is 25.4 Å². The predicted octanol–water partition coefficient (Wildman–Crippen LogP) is 2.22. The lowest BCUT2D eigenvalue weighted by Crippen LogP contribution is -2.23. The number of nitrogens with zero attached hydrogens (tertiary/aromatic N) is 4. The van der Waals surface area contributed by atoms with E-state index < -0.39 is 0 Å². The summed E-state index contributed by atoms with van der Waals surface area (Å²) >= 11 is 0. The summed E-state index contributed by atoms with van der Waals surface area (Å²) in [7, 11) is 0. The first-order chi connectivity index (χ1) is 11.8. The molecule has 0 aromatic carbocycles. The number of nitrogen functional groups attached to an aromatic ring is 1. The summed E-state index contributed by atoms with van der Waals surface area (Å²) in [5, 5.41) is 1.06. The predicted molar refractivity (Wildman–Crippen MR) is 93.8 cm³/mol. The summed E-state index contributed by atoms with van der Waals surface area (Å²) in [5.74, 6) is 0.268. The Morgan fingerprint density at radius 1 is 1.33 bits per heavy atom. The van der Waals surface area contributed by atoms with Gasteiger partial charge in [-0.25, -0.2) is 15.0 Å². The van der Waals surface area contributed by atoms with Crippen LogP contribution in [0.1, 0.15) is 13.3 Å². The van der Waals surface area contributed by atoms with E-state index in [1.165, 1.54) is 0 Å². The first kappa shape index (κ1) is 14.9. The number of pyridine rings is 1. The van der Waals surface area contributed by atoms with Gasteiger partial charge in [0.2, 0.25) is 5.95 Å². The highest BCUT2D eigenvalue weighted by Crippen LogP contribution is 2.35. The molecule has 1 fully saturated rings. The zero-order valence-corrected chi connectivity index (χ0v) is 13.6. The molecule has 3 aromatic rings. The lowest BCUT2D eigenvalue weighted by molar-refractivity contribution is 0.0788. The molecule has 0 amide bonds. The van der Waals surface area contributed by atoms with Crippen LogP contribution in [0.25, 0.3) is 22.3 Å². The minimum atomic E-state index is 0.268. The van der Waals surface area contributed by atoms with E-state index in [0.29, 0.717) is 0 Å². The van der Waals surface area contributed by atoms with Crippen LogP contribution in [0.2, 0.25) is 0 Å². The number of nitrogens with two attached hydrogens (primary N) is 1. The van der Waals surface area contributed by atoms with Crippen LogP contribution in [-0.4, -0.2) is 45.7 Å². The van der Waals surface area contributed by atoms with Crippen molar-refractivity contribution in [2.24, 2.45) is 0 Å². The van der Waals surface area contributed by atoms with Crippen molar-refractivity contribution in [2.75, 3.05) is 30.3 Å². The van der Waals surface area contributed by atoms with Gasteiger partial charge in [-0.2, -0.15) is 0 Å². The molecule has 0 unspecified atom stereocenters. The van der Waals surface area contributed by atoms with E-state index in [0.717, 1.165) is 54.1 Å². The highest BCUT2D eigenvalue weighted by Gasteiger charge is 2.25. The largest absolute Gasteiger partial charge is 0.377 e. The van der Waals surface area contributed by atoms with Gasteiger partial charge in [-0.15, -0.1) is 0 Å². The fourth-order valence-corrected chi connectivity index (χ4v) is 3.35. The molecule has 1 aliphatic rings. The maximum atomic E-state index is 5.78. The Morgan fingerprint density at radius 2 is 2.21 bits per heavy atom. The third-order valence-electron chi connectivity index (χ3n) is 4.39. The van der Waals surface area contributed by atoms with Crippen molar-refractivity contribution in [1.29, 1.82) is 0 Å². The van der Waals surface area contributed by atoms with Crippen LogP contribution >= 0.6 is 0 Å². The highest BCUT2D eigenvalue weighted by atomic mass is 16.5. The van der Waals surface area contributed by atoms with Gasteiger partial charge in [0.25, 0.3) is 0 Å². The second kappa shape index (κ2) is 6.09. The number of nitrogens with one attached hydrogen (secondary N) is 1. The number of rotatable bonds is 4. The molecule has 1 saturated heterocycles. The fraction of sp³-hybridized carbons (Fsp3) is 0.353. The normalized spacial score (nSPS) is 17.7. The fourth-order valence-electron chi connectivity index (χ4n) is 3.35. The van der Waals surface area contributed by atoms with Crippen LogP contribution < -0.4 is 10.6 Å². The molecule has 1 aliphatic heterocycles. The molecular weight excluding hydrogens is 304 g/mol. The molecule has 124 valence electrons. The molecule has 1 atom stereocenters. The van der Waals surface area contributed by atoms with E-state index in [4.69, 9.17) is 10.5 Å². The molecular formula is C17H20N6O. The van der Waals surface area contributed by atoms with Crippen LogP contribution in [0.3, 0.4) is 0 Å². The van der Waals surface area contributed by atoms with Crippen LogP contribution in [0.4, 0.5) is 11.6 Å². The number of hydrogen-bond donors (Lipinski definition) is 2. The van der Waals surface area contributed by atoms with Gasteiger partial charge in [0.05, 0.1) is 22.9 Å². The van der Waals surface area contributed by atoms with Crippen molar-refractivity contribution in [1.82, 2.24) is 19.9 Å². The number of aromatic nitrogens is 4. The monoisotopic (exact) mass is 324 g/mol. The Bertz CT molecular complexity index is 861. The van der Waals surface area contributed by atoms with Crippen molar-refractivity contribution in [2.45, 2.75) is 19.4 Å². The van der Waals surface area contributed by atoms with Crippen LogP contribution in [0.5, 0.6) is 0 Å². The number of aromatic amines is 1. The Hall–Kier alpha value is -2.67.